The summed E-state index contributed by atoms with van der Waals surface area (Å²) < 4.78 is 8.98. The molecule has 0 radical (unpaired) electrons. The molecule has 0 bridgehead atoms. The van der Waals surface area contributed by atoms with Crippen molar-refractivity contribution in [2.24, 2.45) is 7.05 Å². The number of carbonyl (C=O) groups excluding carboxylic acids is 1. The van der Waals surface area contributed by atoms with Gasteiger partial charge in [0.1, 0.15) is 30.0 Å². The largest absolute Gasteiger partial charge is 0.387 e. The van der Waals surface area contributed by atoms with Gasteiger partial charge < -0.3 is 30.6 Å². The number of aliphatic hydroxyl groups is 2. The summed E-state index contributed by atoms with van der Waals surface area (Å²) in [7, 11) is 1.79. The van der Waals surface area contributed by atoms with Crippen molar-refractivity contribution in [3.63, 3.8) is 0 Å². The third kappa shape index (κ3) is 3.26. The number of aryl methyl sites for hydroxylation is 1. The molecule has 32 heavy (non-hydrogen) atoms. The van der Waals surface area contributed by atoms with Crippen LogP contribution in [0.4, 0.5) is 11.5 Å². The van der Waals surface area contributed by atoms with Gasteiger partial charge in [0.2, 0.25) is 0 Å². The minimum Gasteiger partial charge on any atom is -0.387 e. The zero-order valence-electron chi connectivity index (χ0n) is 16.9. The van der Waals surface area contributed by atoms with E-state index < -0.39 is 30.4 Å². The van der Waals surface area contributed by atoms with E-state index in [0.29, 0.717) is 28.0 Å². The summed E-state index contributed by atoms with van der Waals surface area (Å²) in [5.41, 5.74) is 8.19. The number of nitrogens with two attached hydrogens (primary N) is 1. The number of fused-ring (bicyclic) bond motifs is 1. The Hall–Kier alpha value is -3.87. The smallest absolute Gasteiger partial charge is 0.256 e. The predicted molar refractivity (Wildman–Crippen MR) is 113 cm³/mol. The molecule has 1 aliphatic rings. The van der Waals surface area contributed by atoms with Gasteiger partial charge in [0.15, 0.2) is 12.3 Å². The quantitative estimate of drug-likeness (QED) is 0.346. The number of amides is 1. The third-order valence-electron chi connectivity index (χ3n) is 5.33. The Labute approximate surface area is 181 Å². The molecular weight excluding hydrogens is 416 g/mol. The Morgan fingerprint density at radius 1 is 1.25 bits per heavy atom. The number of ether oxygens (including phenoxy) is 1. The Morgan fingerprint density at radius 2 is 2.09 bits per heavy atom. The zero-order chi connectivity index (χ0) is 22.4. The van der Waals surface area contributed by atoms with E-state index in [-0.39, 0.29) is 5.82 Å². The number of nitrogens with one attached hydrogen (secondary N) is 1. The maximum absolute atomic E-state index is 12.7. The predicted octanol–water partition coefficient (Wildman–Crippen LogP) is 0.0669. The highest BCUT2D eigenvalue weighted by Gasteiger charge is 2.48. The first kappa shape index (κ1) is 20.1. The van der Waals surface area contributed by atoms with Gasteiger partial charge in [0.25, 0.3) is 5.91 Å². The molecule has 0 unspecified atom stereocenters. The zero-order valence-corrected chi connectivity index (χ0v) is 16.9. The Balaban J connectivity index is 1.51. The van der Waals surface area contributed by atoms with E-state index in [0.717, 1.165) is 0 Å². The fraction of sp³-hybridized carbons (Fsp3) is 0.250. The summed E-state index contributed by atoms with van der Waals surface area (Å²) in [6.45, 7) is 0. The number of hydrogen-bond acceptors (Lipinski definition) is 9. The van der Waals surface area contributed by atoms with Crippen LogP contribution in [0.1, 0.15) is 6.23 Å². The third-order valence-corrected chi connectivity index (χ3v) is 5.33. The molecule has 164 valence electrons. The lowest BCUT2D eigenvalue weighted by atomic mass is 10.1. The summed E-state index contributed by atoms with van der Waals surface area (Å²) in [5.74, 6) is -0.379. The molecule has 0 spiro atoms. The van der Waals surface area contributed by atoms with Gasteiger partial charge in [-0.2, -0.15) is 5.10 Å². The van der Waals surface area contributed by atoms with Crippen LogP contribution in [0.3, 0.4) is 0 Å². The van der Waals surface area contributed by atoms with Gasteiger partial charge in [-0.3, -0.25) is 14.5 Å². The lowest BCUT2D eigenvalue weighted by Crippen LogP contribution is -2.39. The molecule has 1 amide bonds. The Kier molecular flexibility index (Phi) is 4.81. The highest BCUT2D eigenvalue weighted by Crippen LogP contribution is 2.38. The van der Waals surface area contributed by atoms with Gasteiger partial charge in [-0.05, 0) is 18.2 Å². The average molecular weight is 436 g/mol. The number of pyridine rings is 1. The van der Waals surface area contributed by atoms with Crippen LogP contribution in [0.25, 0.3) is 22.3 Å². The van der Waals surface area contributed by atoms with Crippen molar-refractivity contribution in [2.45, 2.75) is 24.5 Å². The van der Waals surface area contributed by atoms with Crippen LogP contribution in [0.15, 0.2) is 49.3 Å². The van der Waals surface area contributed by atoms with Crippen molar-refractivity contribution < 1.29 is 19.7 Å². The summed E-state index contributed by atoms with van der Waals surface area (Å²) in [6, 6.07) is 5.11. The van der Waals surface area contributed by atoms with E-state index in [9.17, 15) is 15.0 Å². The minimum absolute atomic E-state index is 0.230. The number of nitrogen functional groups attached to an aromatic ring is 1. The van der Waals surface area contributed by atoms with Crippen molar-refractivity contribution in [1.29, 1.82) is 0 Å². The number of aromatic nitrogens is 6. The van der Waals surface area contributed by atoms with Crippen LogP contribution < -0.4 is 11.1 Å². The van der Waals surface area contributed by atoms with Gasteiger partial charge >= 0.3 is 0 Å². The lowest BCUT2D eigenvalue weighted by Gasteiger charge is -2.17. The van der Waals surface area contributed by atoms with Crippen LogP contribution >= 0.6 is 0 Å². The lowest BCUT2D eigenvalue weighted by molar-refractivity contribution is -0.132. The normalized spacial score (nSPS) is 23.0. The molecule has 4 aromatic rings. The topological polar surface area (TPSA) is 166 Å². The molecule has 12 nitrogen and oxygen atoms in total. The van der Waals surface area contributed by atoms with Crippen LogP contribution in [-0.2, 0) is 16.6 Å². The monoisotopic (exact) mass is 436 g/mol. The number of hydrogen-bond donors (Lipinski definition) is 4. The molecule has 12 heteroatoms. The minimum atomic E-state index is -1.47. The first-order valence-electron chi connectivity index (χ1n) is 9.77. The van der Waals surface area contributed by atoms with Crippen molar-refractivity contribution in [2.75, 3.05) is 11.1 Å². The van der Waals surface area contributed by atoms with Crippen molar-refractivity contribution in [1.82, 2.24) is 29.3 Å². The summed E-state index contributed by atoms with van der Waals surface area (Å²) in [6.07, 6.45) is 2.50. The van der Waals surface area contributed by atoms with Crippen LogP contribution in [-0.4, -0.2) is 63.7 Å². The molecular formula is C20H20N8O4. The number of nitrogens with zero attached hydrogens (tertiary/aromatic N) is 6. The van der Waals surface area contributed by atoms with Crippen molar-refractivity contribution in [3.8, 4) is 11.3 Å². The van der Waals surface area contributed by atoms with Gasteiger partial charge in [-0.15, -0.1) is 0 Å². The van der Waals surface area contributed by atoms with E-state index in [1.807, 2.05) is 0 Å². The van der Waals surface area contributed by atoms with E-state index in [2.05, 4.69) is 25.4 Å². The average Bonchev–Trinajstić information content (AvgIpc) is 3.46. The van der Waals surface area contributed by atoms with Gasteiger partial charge in [0, 0.05) is 31.2 Å². The fourth-order valence-corrected chi connectivity index (χ4v) is 3.81. The highest BCUT2D eigenvalue weighted by molar-refractivity contribution is 6.00. The van der Waals surface area contributed by atoms with Gasteiger partial charge in [0.05, 0.1) is 23.0 Å². The second-order valence-electron chi connectivity index (χ2n) is 7.44. The first-order chi connectivity index (χ1) is 15.4. The molecule has 4 aromatic heterocycles. The van der Waals surface area contributed by atoms with Gasteiger partial charge in [-0.25, -0.2) is 9.97 Å². The SMILES string of the molecule is Cn1ccc(-c2cn([C@@H]3O[C@H](C(=O)Nc4cccnc4)[C@@H](O)[C@H]3O)c3ncnc(N)c23)n1. The maximum atomic E-state index is 12.7. The van der Waals surface area contributed by atoms with Gasteiger partial charge in [-0.1, -0.05) is 0 Å². The molecule has 0 aromatic carbocycles. The number of anilines is 2. The van der Waals surface area contributed by atoms with Crippen molar-refractivity contribution in [3.05, 3.63) is 49.3 Å². The summed E-state index contributed by atoms with van der Waals surface area (Å²) in [5, 5.41) is 28.8. The summed E-state index contributed by atoms with van der Waals surface area (Å²) in [4.78, 5) is 25.0. The standard InChI is InChI=1S/C20H20N8O4/c1-27-6-4-12(26-27)11-8-28(18-13(11)17(21)23-9-24-18)20-15(30)14(29)16(32-20)19(31)25-10-3-2-5-22-7-10/h2-9,14-16,20,29-30H,1H3,(H,25,31)(H2,21,23,24)/t14-,15+,16-,20+/m0/s1. The van der Waals surface area contributed by atoms with E-state index in [4.69, 9.17) is 10.5 Å². The Bertz CT molecular complexity index is 1290. The number of aliphatic hydroxyl groups excluding tert-OH is 2. The van der Waals surface area contributed by atoms with E-state index in [1.165, 1.54) is 17.1 Å². The molecule has 1 fully saturated rings. The molecule has 4 atom stereocenters. The molecule has 5 N–H and O–H groups in total. The molecule has 5 heterocycles. The molecule has 5 rings (SSSR count). The van der Waals surface area contributed by atoms with Crippen LogP contribution in [0.5, 0.6) is 0 Å². The molecule has 0 saturated carbocycles. The second-order valence-corrected chi connectivity index (χ2v) is 7.44. The van der Waals surface area contributed by atoms with Crippen LogP contribution in [0, 0.1) is 0 Å². The van der Waals surface area contributed by atoms with Crippen molar-refractivity contribution >= 4 is 28.4 Å². The Morgan fingerprint density at radius 3 is 2.81 bits per heavy atom. The fourth-order valence-electron chi connectivity index (χ4n) is 3.81. The molecule has 1 aliphatic heterocycles. The maximum Gasteiger partial charge on any atom is 0.256 e. The molecule has 0 aliphatic carbocycles. The summed E-state index contributed by atoms with van der Waals surface area (Å²) >= 11 is 0. The van der Waals surface area contributed by atoms with Crippen LogP contribution in [0.2, 0.25) is 0 Å². The van der Waals surface area contributed by atoms with E-state index >= 15 is 0 Å². The number of rotatable bonds is 4. The highest BCUT2D eigenvalue weighted by atomic mass is 16.6. The number of carbonyl (C=O) groups is 1. The first-order valence-corrected chi connectivity index (χ1v) is 9.77. The second kappa shape index (κ2) is 7.67. The molecule has 1 saturated heterocycles. The van der Waals surface area contributed by atoms with E-state index in [1.54, 1.807) is 48.5 Å².